The first-order valence-corrected chi connectivity index (χ1v) is 6.74. The third kappa shape index (κ3) is 2.11. The van der Waals surface area contributed by atoms with E-state index in [1.54, 1.807) is 6.07 Å². The van der Waals surface area contributed by atoms with Crippen LogP contribution in [0.5, 0.6) is 17.2 Å². The maximum Gasteiger partial charge on any atom is 0.161 e. The second-order valence-corrected chi connectivity index (χ2v) is 5.35. The Morgan fingerprint density at radius 3 is 2.67 bits per heavy atom. The van der Waals surface area contributed by atoms with E-state index in [0.717, 1.165) is 12.1 Å². The molecule has 4 nitrogen and oxygen atoms in total. The topological polar surface area (TPSA) is 61.7 Å². The summed E-state index contributed by atoms with van der Waals surface area (Å²) in [5.41, 5.74) is 3.47. The minimum absolute atomic E-state index is 0. The lowest BCUT2D eigenvalue weighted by Gasteiger charge is -2.39. The van der Waals surface area contributed by atoms with Gasteiger partial charge in [0.1, 0.15) is 12.4 Å². The molecule has 2 aromatic rings. The fourth-order valence-corrected chi connectivity index (χ4v) is 3.24. The van der Waals surface area contributed by atoms with Gasteiger partial charge in [0.2, 0.25) is 0 Å². The standard InChI is InChI=1S/C16H15NO3.ClH/c18-13-5-11-15(6-14(13)19)20-8-12-16(11)10-4-2-1-3-9(10)7-17-12;/h1-6,12,16-19H,7-8H2;1H. The van der Waals surface area contributed by atoms with E-state index in [9.17, 15) is 10.2 Å². The molecule has 0 bridgehead atoms. The van der Waals surface area contributed by atoms with Crippen LogP contribution in [-0.4, -0.2) is 22.9 Å². The van der Waals surface area contributed by atoms with E-state index in [-0.39, 0.29) is 35.9 Å². The molecule has 5 heteroatoms. The Morgan fingerprint density at radius 2 is 1.81 bits per heavy atom. The van der Waals surface area contributed by atoms with Crippen LogP contribution in [0.1, 0.15) is 22.6 Å². The summed E-state index contributed by atoms with van der Waals surface area (Å²) in [6.07, 6.45) is 0. The lowest BCUT2D eigenvalue weighted by Crippen LogP contribution is -2.46. The number of ether oxygens (including phenoxy) is 1. The number of benzene rings is 2. The van der Waals surface area contributed by atoms with Crippen molar-refractivity contribution in [1.82, 2.24) is 5.32 Å². The highest BCUT2D eigenvalue weighted by atomic mass is 35.5. The van der Waals surface area contributed by atoms with E-state index < -0.39 is 0 Å². The maximum atomic E-state index is 9.79. The molecule has 3 N–H and O–H groups in total. The maximum absolute atomic E-state index is 9.79. The molecule has 2 aromatic carbocycles. The fourth-order valence-electron chi connectivity index (χ4n) is 3.24. The predicted molar refractivity (Wildman–Crippen MR) is 81.4 cm³/mol. The van der Waals surface area contributed by atoms with Gasteiger partial charge in [-0.2, -0.15) is 0 Å². The molecule has 2 aliphatic rings. The molecule has 0 radical (unpaired) electrons. The van der Waals surface area contributed by atoms with Crippen molar-refractivity contribution in [2.75, 3.05) is 6.61 Å². The average Bonchev–Trinajstić information content (AvgIpc) is 2.48. The van der Waals surface area contributed by atoms with Crippen LogP contribution >= 0.6 is 12.4 Å². The highest BCUT2D eigenvalue weighted by molar-refractivity contribution is 5.85. The molecule has 2 unspecified atom stereocenters. The van der Waals surface area contributed by atoms with E-state index in [2.05, 4.69) is 17.4 Å². The van der Waals surface area contributed by atoms with Crippen molar-refractivity contribution >= 4 is 12.4 Å². The lowest BCUT2D eigenvalue weighted by molar-refractivity contribution is 0.214. The number of rotatable bonds is 0. The van der Waals surface area contributed by atoms with Crippen molar-refractivity contribution in [1.29, 1.82) is 0 Å². The number of halogens is 1. The van der Waals surface area contributed by atoms with Gasteiger partial charge in [-0.3, -0.25) is 0 Å². The zero-order valence-corrected chi connectivity index (χ0v) is 12.1. The Labute approximate surface area is 128 Å². The third-order valence-corrected chi connectivity index (χ3v) is 4.21. The smallest absolute Gasteiger partial charge is 0.161 e. The Balaban J connectivity index is 0.00000132. The normalized spacial score (nSPS) is 22.1. The van der Waals surface area contributed by atoms with Crippen molar-refractivity contribution in [3.8, 4) is 17.2 Å². The van der Waals surface area contributed by atoms with E-state index in [0.29, 0.717) is 12.4 Å². The van der Waals surface area contributed by atoms with E-state index in [1.807, 2.05) is 12.1 Å². The molecule has 0 spiro atoms. The summed E-state index contributed by atoms with van der Waals surface area (Å²) < 4.78 is 5.71. The summed E-state index contributed by atoms with van der Waals surface area (Å²) in [5, 5.41) is 22.9. The van der Waals surface area contributed by atoms with Crippen molar-refractivity contribution in [2.45, 2.75) is 18.5 Å². The van der Waals surface area contributed by atoms with Gasteiger partial charge >= 0.3 is 0 Å². The Morgan fingerprint density at radius 1 is 1.05 bits per heavy atom. The third-order valence-electron chi connectivity index (χ3n) is 4.21. The molecular weight excluding hydrogens is 290 g/mol. The Kier molecular flexibility index (Phi) is 3.43. The molecule has 110 valence electrons. The summed E-state index contributed by atoms with van der Waals surface area (Å²) in [6.45, 7) is 1.40. The van der Waals surface area contributed by atoms with Crippen molar-refractivity contribution < 1.29 is 14.9 Å². The van der Waals surface area contributed by atoms with Gasteiger partial charge in [-0.25, -0.2) is 0 Å². The summed E-state index contributed by atoms with van der Waals surface area (Å²) in [6, 6.07) is 11.6. The van der Waals surface area contributed by atoms with Crippen LogP contribution in [0.4, 0.5) is 0 Å². The number of phenols is 2. The number of phenolic OH excluding ortho intramolecular Hbond substituents is 2. The first-order valence-electron chi connectivity index (χ1n) is 6.74. The van der Waals surface area contributed by atoms with Crippen molar-refractivity contribution in [2.24, 2.45) is 0 Å². The van der Waals surface area contributed by atoms with Gasteiger partial charge in [0.25, 0.3) is 0 Å². The molecule has 0 aromatic heterocycles. The Hall–Kier alpha value is -1.91. The minimum atomic E-state index is -0.140. The summed E-state index contributed by atoms with van der Waals surface area (Å²) in [5.74, 6) is 0.561. The van der Waals surface area contributed by atoms with E-state index in [4.69, 9.17) is 4.74 Å². The highest BCUT2D eigenvalue weighted by Crippen LogP contribution is 2.45. The van der Waals surface area contributed by atoms with Gasteiger partial charge < -0.3 is 20.3 Å². The zero-order valence-electron chi connectivity index (χ0n) is 11.2. The lowest BCUT2D eigenvalue weighted by atomic mass is 9.78. The molecule has 4 rings (SSSR count). The van der Waals surface area contributed by atoms with E-state index in [1.165, 1.54) is 17.2 Å². The predicted octanol–water partition coefficient (Wildman–Crippen LogP) is 2.52. The molecule has 21 heavy (non-hydrogen) atoms. The number of fused-ring (bicyclic) bond motifs is 5. The molecule has 0 saturated carbocycles. The molecule has 2 atom stereocenters. The monoisotopic (exact) mass is 305 g/mol. The first-order chi connectivity index (χ1) is 9.74. The van der Waals surface area contributed by atoms with Crippen LogP contribution in [0.25, 0.3) is 0 Å². The summed E-state index contributed by atoms with van der Waals surface area (Å²) >= 11 is 0. The van der Waals surface area contributed by atoms with Gasteiger partial charge in [-0.05, 0) is 17.2 Å². The van der Waals surface area contributed by atoms with Crippen LogP contribution in [0.15, 0.2) is 36.4 Å². The molecule has 0 fully saturated rings. The van der Waals surface area contributed by atoms with Gasteiger partial charge in [0, 0.05) is 24.1 Å². The minimum Gasteiger partial charge on any atom is -0.504 e. The second kappa shape index (κ2) is 5.13. The van der Waals surface area contributed by atoms with Crippen molar-refractivity contribution in [3.05, 3.63) is 53.1 Å². The summed E-state index contributed by atoms with van der Waals surface area (Å²) in [7, 11) is 0. The second-order valence-electron chi connectivity index (χ2n) is 5.35. The quantitative estimate of drug-likeness (QED) is 0.655. The largest absolute Gasteiger partial charge is 0.504 e. The fraction of sp³-hybridized carbons (Fsp3) is 0.250. The van der Waals surface area contributed by atoms with Crippen LogP contribution < -0.4 is 10.1 Å². The van der Waals surface area contributed by atoms with Gasteiger partial charge in [0.05, 0.1) is 6.04 Å². The number of hydrogen-bond donors (Lipinski definition) is 3. The molecule has 2 heterocycles. The average molecular weight is 306 g/mol. The molecule has 0 amide bonds. The molecule has 0 aliphatic carbocycles. The summed E-state index contributed by atoms with van der Waals surface area (Å²) in [4.78, 5) is 0. The van der Waals surface area contributed by atoms with Crippen LogP contribution in [0.3, 0.4) is 0 Å². The molecular formula is C16H16ClNO3. The SMILES string of the molecule is Cl.Oc1cc2c(cc1O)C1c3ccccc3CNC1CO2. The zero-order chi connectivity index (χ0) is 13.7. The van der Waals surface area contributed by atoms with Crippen LogP contribution in [0.2, 0.25) is 0 Å². The van der Waals surface area contributed by atoms with Gasteiger partial charge in [-0.1, -0.05) is 24.3 Å². The molecule has 0 saturated heterocycles. The number of nitrogens with one attached hydrogen (secondary N) is 1. The first kappa shape index (κ1) is 14.0. The van der Waals surface area contributed by atoms with Crippen LogP contribution in [-0.2, 0) is 6.54 Å². The number of hydrogen-bond acceptors (Lipinski definition) is 4. The molecule has 2 aliphatic heterocycles. The number of aromatic hydroxyl groups is 2. The van der Waals surface area contributed by atoms with Crippen LogP contribution in [0, 0.1) is 0 Å². The van der Waals surface area contributed by atoms with Gasteiger partial charge in [0.15, 0.2) is 11.5 Å². The Bertz CT molecular complexity index is 689. The van der Waals surface area contributed by atoms with E-state index >= 15 is 0 Å². The highest BCUT2D eigenvalue weighted by Gasteiger charge is 2.36. The van der Waals surface area contributed by atoms with Crippen molar-refractivity contribution in [3.63, 3.8) is 0 Å². The van der Waals surface area contributed by atoms with Gasteiger partial charge in [-0.15, -0.1) is 12.4 Å².